The Morgan fingerprint density at radius 1 is 1.60 bits per heavy atom. The molecule has 2 N–H and O–H groups in total. The molecule has 0 unspecified atom stereocenters. The molecular weight excluding hydrogens is 126 g/mol. The van der Waals surface area contributed by atoms with E-state index >= 15 is 0 Å². The van der Waals surface area contributed by atoms with E-state index in [2.05, 4.69) is 17.2 Å². The van der Waals surface area contributed by atoms with Crippen molar-refractivity contribution in [2.75, 3.05) is 13.1 Å². The van der Waals surface area contributed by atoms with Gasteiger partial charge in [-0.2, -0.15) is 0 Å². The fraction of sp³-hybridized carbons (Fsp3) is 0.750. The van der Waals surface area contributed by atoms with E-state index in [4.69, 9.17) is 5.11 Å². The summed E-state index contributed by atoms with van der Waals surface area (Å²) in [6, 6.07) is 0. The summed E-state index contributed by atoms with van der Waals surface area (Å²) < 4.78 is 0. The molecule has 0 fully saturated rings. The summed E-state index contributed by atoms with van der Waals surface area (Å²) in [5.74, 6) is 5.73. The van der Waals surface area contributed by atoms with E-state index in [1.54, 1.807) is 6.92 Å². The van der Waals surface area contributed by atoms with Gasteiger partial charge in [0.2, 0.25) is 0 Å². The summed E-state index contributed by atoms with van der Waals surface area (Å²) in [4.78, 5) is 0. The molecule has 0 aromatic carbocycles. The zero-order chi connectivity index (χ0) is 7.82. The highest BCUT2D eigenvalue weighted by Crippen LogP contribution is 1.76. The molecule has 0 aromatic heterocycles. The van der Waals surface area contributed by atoms with Gasteiger partial charge >= 0.3 is 0 Å². The van der Waals surface area contributed by atoms with Gasteiger partial charge in [0.05, 0.1) is 6.10 Å². The van der Waals surface area contributed by atoms with Gasteiger partial charge in [0, 0.05) is 19.5 Å². The first kappa shape index (κ1) is 9.48. The number of hydrogen-bond acceptors (Lipinski definition) is 2. The molecule has 0 amide bonds. The van der Waals surface area contributed by atoms with Crippen molar-refractivity contribution in [1.29, 1.82) is 0 Å². The van der Waals surface area contributed by atoms with Gasteiger partial charge in [0.25, 0.3) is 0 Å². The summed E-state index contributed by atoms with van der Waals surface area (Å²) in [6.45, 7) is 5.12. The summed E-state index contributed by atoms with van der Waals surface area (Å²) in [6.07, 6.45) is 0.609. The molecule has 0 aliphatic heterocycles. The Hall–Kier alpha value is -0.520. The van der Waals surface area contributed by atoms with Gasteiger partial charge in [-0.15, -0.1) is 11.8 Å². The second-order valence-corrected chi connectivity index (χ2v) is 2.23. The van der Waals surface area contributed by atoms with Crippen molar-refractivity contribution in [1.82, 2.24) is 5.32 Å². The quantitative estimate of drug-likeness (QED) is 0.438. The number of hydrogen-bond donors (Lipinski definition) is 2. The van der Waals surface area contributed by atoms with Crippen molar-refractivity contribution in [3.63, 3.8) is 0 Å². The Bertz CT molecular complexity index is 121. The van der Waals surface area contributed by atoms with Crippen molar-refractivity contribution in [2.45, 2.75) is 26.4 Å². The fourth-order valence-electron chi connectivity index (χ4n) is 0.587. The molecule has 10 heavy (non-hydrogen) atoms. The van der Waals surface area contributed by atoms with Crippen LogP contribution in [0.1, 0.15) is 20.3 Å². The van der Waals surface area contributed by atoms with Gasteiger partial charge in [0.1, 0.15) is 0 Å². The smallest absolute Gasteiger partial charge is 0.0636 e. The van der Waals surface area contributed by atoms with Crippen molar-refractivity contribution in [3.05, 3.63) is 0 Å². The number of aliphatic hydroxyl groups excluding tert-OH is 1. The standard InChI is InChI=1S/C8H15NO/c1-3-4-5-6-9-7-8(2)10/h8-10H,5-7H2,1-2H3/t8-/m1/s1. The van der Waals surface area contributed by atoms with Crippen LogP contribution in [0.25, 0.3) is 0 Å². The van der Waals surface area contributed by atoms with E-state index in [1.807, 2.05) is 6.92 Å². The van der Waals surface area contributed by atoms with E-state index in [-0.39, 0.29) is 6.10 Å². The third-order valence-corrected chi connectivity index (χ3v) is 1.04. The lowest BCUT2D eigenvalue weighted by molar-refractivity contribution is 0.192. The van der Waals surface area contributed by atoms with E-state index in [9.17, 15) is 0 Å². The van der Waals surface area contributed by atoms with Gasteiger partial charge < -0.3 is 10.4 Å². The first-order chi connectivity index (χ1) is 4.77. The first-order valence-electron chi connectivity index (χ1n) is 3.55. The third-order valence-electron chi connectivity index (χ3n) is 1.04. The Kier molecular flexibility index (Phi) is 6.25. The maximum Gasteiger partial charge on any atom is 0.0636 e. The molecule has 1 atom stereocenters. The molecule has 0 rings (SSSR count). The van der Waals surface area contributed by atoms with Crippen LogP contribution in [-0.2, 0) is 0 Å². The van der Waals surface area contributed by atoms with Gasteiger partial charge in [-0.1, -0.05) is 0 Å². The molecule has 2 nitrogen and oxygen atoms in total. The zero-order valence-corrected chi connectivity index (χ0v) is 6.65. The van der Waals surface area contributed by atoms with Gasteiger partial charge in [-0.25, -0.2) is 0 Å². The van der Waals surface area contributed by atoms with Gasteiger partial charge in [0.15, 0.2) is 0 Å². The average Bonchev–Trinajstić information content (AvgIpc) is 1.87. The Morgan fingerprint density at radius 3 is 2.80 bits per heavy atom. The Balaban J connectivity index is 2.96. The van der Waals surface area contributed by atoms with Crippen LogP contribution in [0.3, 0.4) is 0 Å². The first-order valence-corrected chi connectivity index (χ1v) is 3.55. The molecule has 58 valence electrons. The maximum absolute atomic E-state index is 8.81. The van der Waals surface area contributed by atoms with Gasteiger partial charge in [-0.05, 0) is 13.8 Å². The predicted octanol–water partition coefficient (Wildman–Crippen LogP) is 0.370. The second kappa shape index (κ2) is 6.60. The Morgan fingerprint density at radius 2 is 2.30 bits per heavy atom. The van der Waals surface area contributed by atoms with Crippen LogP contribution in [0.5, 0.6) is 0 Å². The van der Waals surface area contributed by atoms with Crippen LogP contribution >= 0.6 is 0 Å². The topological polar surface area (TPSA) is 32.3 Å². The lowest BCUT2D eigenvalue weighted by atomic mass is 10.4. The number of aliphatic hydroxyl groups is 1. The molecule has 0 bridgehead atoms. The van der Waals surface area contributed by atoms with Gasteiger partial charge in [-0.3, -0.25) is 0 Å². The molecule has 0 spiro atoms. The molecule has 0 aromatic rings. The largest absolute Gasteiger partial charge is 0.392 e. The molecule has 0 radical (unpaired) electrons. The second-order valence-electron chi connectivity index (χ2n) is 2.23. The van der Waals surface area contributed by atoms with Crippen LogP contribution in [0.15, 0.2) is 0 Å². The normalized spacial score (nSPS) is 11.9. The lowest BCUT2D eigenvalue weighted by Gasteiger charge is -2.03. The fourth-order valence-corrected chi connectivity index (χ4v) is 0.587. The number of nitrogens with one attached hydrogen (secondary N) is 1. The molecule has 2 heteroatoms. The summed E-state index contributed by atoms with van der Waals surface area (Å²) in [5, 5.41) is 11.9. The predicted molar refractivity (Wildman–Crippen MR) is 42.6 cm³/mol. The highest BCUT2D eigenvalue weighted by atomic mass is 16.3. The minimum Gasteiger partial charge on any atom is -0.392 e. The molecule has 0 heterocycles. The maximum atomic E-state index is 8.81. The van der Waals surface area contributed by atoms with E-state index < -0.39 is 0 Å². The molecule has 0 saturated heterocycles. The summed E-state index contributed by atoms with van der Waals surface area (Å²) >= 11 is 0. The SMILES string of the molecule is CC#CCCNC[C@@H](C)O. The zero-order valence-electron chi connectivity index (χ0n) is 6.65. The lowest BCUT2D eigenvalue weighted by Crippen LogP contribution is -2.24. The van der Waals surface area contributed by atoms with Crippen LogP contribution in [0.2, 0.25) is 0 Å². The number of rotatable bonds is 4. The van der Waals surface area contributed by atoms with Crippen LogP contribution < -0.4 is 5.32 Å². The minimum atomic E-state index is -0.255. The van der Waals surface area contributed by atoms with Crippen molar-refractivity contribution >= 4 is 0 Å². The van der Waals surface area contributed by atoms with Crippen molar-refractivity contribution in [3.8, 4) is 11.8 Å². The van der Waals surface area contributed by atoms with Crippen LogP contribution in [-0.4, -0.2) is 24.3 Å². The summed E-state index contributed by atoms with van der Waals surface area (Å²) in [5.41, 5.74) is 0. The minimum absolute atomic E-state index is 0.255. The molecular formula is C8H15NO. The highest BCUT2D eigenvalue weighted by molar-refractivity contribution is 4.95. The monoisotopic (exact) mass is 141 g/mol. The average molecular weight is 141 g/mol. The third kappa shape index (κ3) is 7.48. The van der Waals surface area contributed by atoms with E-state index in [0.29, 0.717) is 6.54 Å². The molecule has 0 aliphatic carbocycles. The van der Waals surface area contributed by atoms with Crippen LogP contribution in [0.4, 0.5) is 0 Å². The van der Waals surface area contributed by atoms with Crippen LogP contribution in [0, 0.1) is 11.8 Å². The molecule has 0 aliphatic rings. The van der Waals surface area contributed by atoms with E-state index in [1.165, 1.54) is 0 Å². The molecule has 0 saturated carbocycles. The highest BCUT2D eigenvalue weighted by Gasteiger charge is 1.91. The van der Waals surface area contributed by atoms with Crippen molar-refractivity contribution < 1.29 is 5.11 Å². The summed E-state index contributed by atoms with van der Waals surface area (Å²) in [7, 11) is 0. The van der Waals surface area contributed by atoms with E-state index in [0.717, 1.165) is 13.0 Å². The Labute approximate surface area is 62.6 Å². The van der Waals surface area contributed by atoms with Crippen molar-refractivity contribution in [2.24, 2.45) is 0 Å².